The quantitative estimate of drug-likeness (QED) is 0.910. The summed E-state index contributed by atoms with van der Waals surface area (Å²) in [5, 5.41) is 0. The van der Waals surface area contributed by atoms with Crippen molar-refractivity contribution in [1.29, 1.82) is 0 Å². The average Bonchev–Trinajstić information content (AvgIpc) is 2.44. The largest absolute Gasteiger partial charge is 0.366 e. The molecular formula is C14H20N2OS2. The second kappa shape index (κ2) is 7.70. The number of benzene rings is 1. The highest BCUT2D eigenvalue weighted by Gasteiger charge is 2.10. The Kier molecular flexibility index (Phi) is 5.92. The molecule has 2 N–H and O–H groups in total. The molecular weight excluding hydrogens is 276 g/mol. The number of nitrogens with zero attached hydrogens (tertiary/aromatic N) is 1. The van der Waals surface area contributed by atoms with Crippen LogP contribution < -0.4 is 10.6 Å². The molecule has 0 aliphatic carbocycles. The maximum Gasteiger partial charge on any atom is 0.248 e. The van der Waals surface area contributed by atoms with E-state index >= 15 is 0 Å². The fourth-order valence-corrected chi connectivity index (χ4v) is 4.09. The number of rotatable bonds is 2. The summed E-state index contributed by atoms with van der Waals surface area (Å²) < 4.78 is 0. The van der Waals surface area contributed by atoms with Crippen molar-refractivity contribution in [3.63, 3.8) is 0 Å². The van der Waals surface area contributed by atoms with Gasteiger partial charge >= 0.3 is 0 Å². The van der Waals surface area contributed by atoms with Crippen LogP contribution in [-0.4, -0.2) is 29.2 Å². The van der Waals surface area contributed by atoms with Crippen molar-refractivity contribution in [3.8, 4) is 0 Å². The van der Waals surface area contributed by atoms with Crippen molar-refractivity contribution in [2.45, 2.75) is 19.3 Å². The first-order valence-corrected chi connectivity index (χ1v) is 8.88. The van der Waals surface area contributed by atoms with Gasteiger partial charge in [-0.1, -0.05) is 12.5 Å². The zero-order chi connectivity index (χ0) is 13.5. The standard InChI is InChI=1S/C14H20N2OS2/c15-14(17)12-5-4-6-13(9-12)16-10-18-7-2-1-3-8-19-11-16/h4-6,9H,1-3,7-8,10-11H2,(H2,15,17). The summed E-state index contributed by atoms with van der Waals surface area (Å²) in [6, 6.07) is 7.63. The van der Waals surface area contributed by atoms with Crippen LogP contribution in [0.15, 0.2) is 24.3 Å². The van der Waals surface area contributed by atoms with Crippen molar-refractivity contribution >= 4 is 35.1 Å². The molecule has 0 radical (unpaired) electrons. The van der Waals surface area contributed by atoms with Crippen LogP contribution in [0.25, 0.3) is 0 Å². The maximum absolute atomic E-state index is 11.3. The Morgan fingerprint density at radius 1 is 1.11 bits per heavy atom. The average molecular weight is 296 g/mol. The number of thioether (sulfide) groups is 2. The number of carbonyl (C=O) groups excluding carboxylic acids is 1. The fraction of sp³-hybridized carbons (Fsp3) is 0.500. The first-order chi connectivity index (χ1) is 9.27. The molecule has 19 heavy (non-hydrogen) atoms. The van der Waals surface area contributed by atoms with E-state index < -0.39 is 0 Å². The lowest BCUT2D eigenvalue weighted by atomic mass is 10.2. The molecule has 1 aromatic carbocycles. The number of primary amides is 1. The van der Waals surface area contributed by atoms with Crippen LogP contribution in [0.4, 0.5) is 5.69 Å². The predicted molar refractivity (Wildman–Crippen MR) is 85.9 cm³/mol. The van der Waals surface area contributed by atoms with Crippen LogP contribution in [0, 0.1) is 0 Å². The van der Waals surface area contributed by atoms with Crippen LogP contribution in [0.1, 0.15) is 29.6 Å². The number of nitrogens with two attached hydrogens (primary N) is 1. The molecule has 0 saturated carbocycles. The van der Waals surface area contributed by atoms with E-state index in [0.717, 1.165) is 17.4 Å². The molecule has 0 bridgehead atoms. The van der Waals surface area contributed by atoms with Crippen molar-refractivity contribution in [1.82, 2.24) is 0 Å². The van der Waals surface area contributed by atoms with Crippen LogP contribution >= 0.6 is 23.5 Å². The van der Waals surface area contributed by atoms with E-state index in [1.54, 1.807) is 6.07 Å². The summed E-state index contributed by atoms with van der Waals surface area (Å²) in [5.41, 5.74) is 7.03. The molecule has 3 nitrogen and oxygen atoms in total. The van der Waals surface area contributed by atoms with Gasteiger partial charge in [0.1, 0.15) is 0 Å². The Bertz CT molecular complexity index is 416. The Hall–Kier alpha value is -0.810. The van der Waals surface area contributed by atoms with Crippen LogP contribution in [-0.2, 0) is 0 Å². The van der Waals surface area contributed by atoms with Gasteiger partial charge in [-0.05, 0) is 42.5 Å². The highest BCUT2D eigenvalue weighted by atomic mass is 32.2. The van der Waals surface area contributed by atoms with E-state index in [-0.39, 0.29) is 5.91 Å². The summed E-state index contributed by atoms with van der Waals surface area (Å²) in [5.74, 6) is 4.04. The zero-order valence-electron chi connectivity index (χ0n) is 11.0. The minimum absolute atomic E-state index is 0.358. The van der Waals surface area contributed by atoms with Gasteiger partial charge in [-0.25, -0.2) is 0 Å². The molecule has 1 aliphatic heterocycles. The summed E-state index contributed by atoms with van der Waals surface area (Å²) in [4.78, 5) is 13.6. The highest BCUT2D eigenvalue weighted by Crippen LogP contribution is 2.23. The molecule has 5 heteroatoms. The second-order valence-corrected chi connectivity index (χ2v) is 6.74. The SMILES string of the molecule is NC(=O)c1cccc(N2CSCCCCCSC2)c1. The number of hydrogen-bond acceptors (Lipinski definition) is 4. The lowest BCUT2D eigenvalue weighted by Gasteiger charge is -2.25. The van der Waals surface area contributed by atoms with Gasteiger partial charge in [-0.2, -0.15) is 0 Å². The molecule has 1 amide bonds. The lowest BCUT2D eigenvalue weighted by molar-refractivity contribution is 0.100. The Balaban J connectivity index is 2.07. The number of amides is 1. The number of anilines is 1. The normalized spacial score (nSPS) is 18.0. The van der Waals surface area contributed by atoms with E-state index in [9.17, 15) is 4.79 Å². The summed E-state index contributed by atoms with van der Waals surface area (Å²) in [6.45, 7) is 0. The van der Waals surface area contributed by atoms with Crippen LogP contribution in [0.2, 0.25) is 0 Å². The third-order valence-electron chi connectivity index (χ3n) is 3.07. The molecule has 1 aliphatic rings. The molecule has 104 valence electrons. The van der Waals surface area contributed by atoms with E-state index in [1.807, 2.05) is 35.7 Å². The summed E-state index contributed by atoms with van der Waals surface area (Å²) in [6.07, 6.45) is 3.96. The Labute approximate surface area is 123 Å². The highest BCUT2D eigenvalue weighted by molar-refractivity contribution is 8.00. The fourth-order valence-electron chi connectivity index (χ4n) is 1.98. The minimum Gasteiger partial charge on any atom is -0.366 e. The van der Waals surface area contributed by atoms with Crippen molar-refractivity contribution < 1.29 is 4.79 Å². The monoisotopic (exact) mass is 296 g/mol. The summed E-state index contributed by atoms with van der Waals surface area (Å²) >= 11 is 3.93. The van der Waals surface area contributed by atoms with Crippen molar-refractivity contribution in [2.24, 2.45) is 5.73 Å². The van der Waals surface area contributed by atoms with E-state index in [2.05, 4.69) is 11.0 Å². The van der Waals surface area contributed by atoms with E-state index in [1.165, 1.54) is 30.8 Å². The van der Waals surface area contributed by atoms with Crippen LogP contribution in [0.5, 0.6) is 0 Å². The van der Waals surface area contributed by atoms with Crippen molar-refractivity contribution in [3.05, 3.63) is 29.8 Å². The third-order valence-corrected chi connectivity index (χ3v) is 5.21. The predicted octanol–water partition coefficient (Wildman–Crippen LogP) is 3.16. The first-order valence-electron chi connectivity index (χ1n) is 6.57. The van der Waals surface area contributed by atoms with Gasteiger partial charge in [-0.3, -0.25) is 4.79 Å². The molecule has 1 saturated heterocycles. The Morgan fingerprint density at radius 2 is 1.79 bits per heavy atom. The zero-order valence-corrected chi connectivity index (χ0v) is 12.6. The molecule has 0 unspecified atom stereocenters. The smallest absolute Gasteiger partial charge is 0.248 e. The summed E-state index contributed by atoms with van der Waals surface area (Å²) in [7, 11) is 0. The minimum atomic E-state index is -0.358. The molecule has 1 aromatic rings. The van der Waals surface area contributed by atoms with E-state index in [4.69, 9.17) is 5.73 Å². The number of hydrogen-bond donors (Lipinski definition) is 1. The maximum atomic E-state index is 11.3. The Morgan fingerprint density at radius 3 is 2.42 bits per heavy atom. The lowest BCUT2D eigenvalue weighted by Crippen LogP contribution is -2.23. The topological polar surface area (TPSA) is 46.3 Å². The van der Waals surface area contributed by atoms with Gasteiger partial charge in [0.15, 0.2) is 0 Å². The first kappa shape index (κ1) is 14.6. The molecule has 0 spiro atoms. The number of carbonyl (C=O) groups is 1. The van der Waals surface area contributed by atoms with Crippen molar-refractivity contribution in [2.75, 3.05) is 28.2 Å². The van der Waals surface area contributed by atoms with Crippen LogP contribution in [0.3, 0.4) is 0 Å². The molecule has 0 aromatic heterocycles. The third kappa shape index (κ3) is 4.66. The molecule has 1 fully saturated rings. The molecule has 2 rings (SSSR count). The molecule has 1 heterocycles. The van der Waals surface area contributed by atoms with Gasteiger partial charge in [0, 0.05) is 11.3 Å². The van der Waals surface area contributed by atoms with Gasteiger partial charge in [0.05, 0.1) is 11.8 Å². The second-order valence-electron chi connectivity index (χ2n) is 4.59. The van der Waals surface area contributed by atoms with Gasteiger partial charge in [-0.15, -0.1) is 23.5 Å². The molecule has 0 atom stereocenters. The van der Waals surface area contributed by atoms with Gasteiger partial charge in [0.2, 0.25) is 5.91 Å². The van der Waals surface area contributed by atoms with Gasteiger partial charge < -0.3 is 10.6 Å². The van der Waals surface area contributed by atoms with Gasteiger partial charge in [0.25, 0.3) is 0 Å². The van der Waals surface area contributed by atoms with E-state index in [0.29, 0.717) is 5.56 Å².